The van der Waals surface area contributed by atoms with E-state index >= 15 is 0 Å². The van der Waals surface area contributed by atoms with Crippen LogP contribution in [0.25, 0.3) is 0 Å². The summed E-state index contributed by atoms with van der Waals surface area (Å²) in [4.78, 5) is 10.5. The number of nitrogens with two attached hydrogens (primary N) is 1. The number of hydrogen-bond acceptors (Lipinski definition) is 1. The number of hydrogen-bond donors (Lipinski definition) is 1. The first-order valence-corrected chi connectivity index (χ1v) is 3.61. The summed E-state index contributed by atoms with van der Waals surface area (Å²) in [5, 5.41) is 0. The zero-order valence-electron chi connectivity index (χ0n) is 7.81. The van der Waals surface area contributed by atoms with Crippen LogP contribution >= 0.6 is 0 Å². The minimum absolute atomic E-state index is 0. The summed E-state index contributed by atoms with van der Waals surface area (Å²) < 4.78 is 49.2. The molecule has 76 valence electrons. The first-order valence-electron chi connectivity index (χ1n) is 3.61. The van der Waals surface area contributed by atoms with Crippen molar-refractivity contribution in [1.29, 1.82) is 0 Å². The van der Waals surface area contributed by atoms with Gasteiger partial charge < -0.3 is 18.7 Å². The Kier molecular flexibility index (Phi) is 5.48. The van der Waals surface area contributed by atoms with E-state index in [0.29, 0.717) is 18.2 Å². The van der Waals surface area contributed by atoms with E-state index in [1.165, 1.54) is 0 Å². The third kappa shape index (κ3) is 3.88. The molecule has 0 aliphatic carbocycles. The molecule has 0 spiro atoms. The van der Waals surface area contributed by atoms with E-state index in [1.54, 1.807) is 0 Å². The Hall–Kier alpha value is 0.111. The van der Waals surface area contributed by atoms with Crippen LogP contribution in [0.5, 0.6) is 0 Å². The quantitative estimate of drug-likeness (QED) is 0.474. The van der Waals surface area contributed by atoms with Crippen molar-refractivity contribution in [3.05, 3.63) is 29.6 Å². The minimum Gasteiger partial charge on any atom is -0.445 e. The van der Waals surface area contributed by atoms with Gasteiger partial charge in [0.05, 0.1) is 5.56 Å². The zero-order valence-corrected chi connectivity index (χ0v) is 10.9. The molecule has 15 heavy (non-hydrogen) atoms. The minimum atomic E-state index is -5.24. The van der Waals surface area contributed by atoms with Crippen LogP contribution in [0.15, 0.2) is 18.2 Å². The fourth-order valence-electron chi connectivity index (χ4n) is 0.935. The Labute approximate surface area is 126 Å². The van der Waals surface area contributed by atoms with Crippen molar-refractivity contribution in [2.75, 3.05) is 0 Å². The molecule has 0 radical (unpaired) electrons. The SMILES string of the molecule is NC(=O)c1cc([B-](F)(F)F)ccc1F.[K+]. The van der Waals surface area contributed by atoms with Gasteiger partial charge in [-0.15, -0.1) is 5.46 Å². The van der Waals surface area contributed by atoms with Gasteiger partial charge in [-0.05, 0) is 6.07 Å². The predicted molar refractivity (Wildman–Crippen MR) is 43.6 cm³/mol. The normalized spacial score (nSPS) is 10.7. The zero-order chi connectivity index (χ0) is 10.9. The van der Waals surface area contributed by atoms with Gasteiger partial charge >= 0.3 is 58.4 Å². The molecule has 0 saturated heterocycles. The number of amides is 1. The van der Waals surface area contributed by atoms with Crippen LogP contribution in [-0.2, 0) is 0 Å². The second-order valence-corrected chi connectivity index (χ2v) is 2.68. The van der Waals surface area contributed by atoms with Crippen molar-refractivity contribution in [1.82, 2.24) is 0 Å². The number of benzene rings is 1. The number of carbonyl (C=O) groups excluding carboxylic acids is 1. The van der Waals surface area contributed by atoms with Crippen molar-refractivity contribution in [3.63, 3.8) is 0 Å². The largest absolute Gasteiger partial charge is 1.00 e. The fourth-order valence-corrected chi connectivity index (χ4v) is 0.935. The fraction of sp³-hybridized carbons (Fsp3) is 0. The van der Waals surface area contributed by atoms with Crippen molar-refractivity contribution < 1.29 is 73.5 Å². The molecule has 1 rings (SSSR count). The molecule has 0 aliphatic heterocycles. The van der Waals surface area contributed by atoms with Crippen LogP contribution in [0.3, 0.4) is 0 Å². The predicted octanol–water partition coefficient (Wildman–Crippen LogP) is -2.02. The molecule has 0 bridgehead atoms. The average Bonchev–Trinajstić information content (AvgIpc) is 2.02. The second kappa shape index (κ2) is 5.44. The van der Waals surface area contributed by atoms with E-state index < -0.39 is 29.7 Å². The van der Waals surface area contributed by atoms with Crippen molar-refractivity contribution >= 4 is 18.3 Å². The van der Waals surface area contributed by atoms with Crippen LogP contribution in [-0.4, -0.2) is 12.9 Å². The summed E-state index contributed by atoms with van der Waals surface area (Å²) >= 11 is 0. The summed E-state index contributed by atoms with van der Waals surface area (Å²) in [5.74, 6) is -2.27. The van der Waals surface area contributed by atoms with Gasteiger partial charge in [0, 0.05) is 0 Å². The Morgan fingerprint density at radius 2 is 1.80 bits per heavy atom. The molecule has 2 nitrogen and oxygen atoms in total. The molecule has 0 saturated carbocycles. The van der Waals surface area contributed by atoms with Crippen molar-refractivity contribution in [2.24, 2.45) is 5.73 Å². The third-order valence-electron chi connectivity index (χ3n) is 1.63. The Balaban J connectivity index is 0.00000196. The summed E-state index contributed by atoms with van der Waals surface area (Å²) in [7, 11) is 0. The number of rotatable bonds is 2. The van der Waals surface area contributed by atoms with Crippen molar-refractivity contribution in [3.8, 4) is 0 Å². The van der Waals surface area contributed by atoms with Gasteiger partial charge in [0.2, 0.25) is 0 Å². The first-order chi connectivity index (χ1) is 6.32. The molecule has 0 aromatic heterocycles. The van der Waals surface area contributed by atoms with Crippen LogP contribution in [0.1, 0.15) is 10.4 Å². The number of carbonyl (C=O) groups is 1. The van der Waals surface area contributed by atoms with Crippen molar-refractivity contribution in [2.45, 2.75) is 0 Å². The van der Waals surface area contributed by atoms with E-state index in [2.05, 4.69) is 5.73 Å². The van der Waals surface area contributed by atoms with E-state index in [9.17, 15) is 22.1 Å². The maximum atomic E-state index is 12.7. The van der Waals surface area contributed by atoms with Gasteiger partial charge in [0.25, 0.3) is 5.91 Å². The van der Waals surface area contributed by atoms with E-state index in [1.807, 2.05) is 0 Å². The number of primary amides is 1. The maximum absolute atomic E-state index is 12.7. The molecule has 0 atom stereocenters. The van der Waals surface area contributed by atoms with E-state index in [0.717, 1.165) is 0 Å². The van der Waals surface area contributed by atoms with Crippen LogP contribution in [0.4, 0.5) is 17.3 Å². The first kappa shape index (κ1) is 15.1. The molecule has 8 heteroatoms. The van der Waals surface area contributed by atoms with Gasteiger partial charge in [-0.3, -0.25) is 4.79 Å². The monoisotopic (exact) mass is 245 g/mol. The second-order valence-electron chi connectivity index (χ2n) is 2.68. The summed E-state index contributed by atoms with van der Waals surface area (Å²) in [5.41, 5.74) is 2.90. The molecular formula is C7H5BF4KNO. The van der Waals surface area contributed by atoms with E-state index in [4.69, 9.17) is 0 Å². The smallest absolute Gasteiger partial charge is 0.445 e. The van der Waals surface area contributed by atoms with Crippen LogP contribution in [0, 0.1) is 5.82 Å². The maximum Gasteiger partial charge on any atom is 1.00 e. The van der Waals surface area contributed by atoms with Crippen LogP contribution < -0.4 is 62.6 Å². The molecular weight excluding hydrogens is 240 g/mol. The molecule has 1 aromatic rings. The van der Waals surface area contributed by atoms with E-state index in [-0.39, 0.29) is 51.4 Å². The van der Waals surface area contributed by atoms with Gasteiger partial charge in [-0.1, -0.05) is 12.1 Å². The summed E-state index contributed by atoms with van der Waals surface area (Å²) in [6.45, 7) is -5.24. The van der Waals surface area contributed by atoms with Crippen LogP contribution in [0.2, 0.25) is 0 Å². The topological polar surface area (TPSA) is 43.1 Å². The standard InChI is InChI=1S/C7H5BF4NO.K/c9-6-2-1-4(8(10,11)12)3-5(6)7(13)14;/h1-3H,(H2,13,14);/q-1;+1. The Morgan fingerprint density at radius 1 is 1.27 bits per heavy atom. The molecule has 1 aromatic carbocycles. The van der Waals surface area contributed by atoms with Gasteiger partial charge in [-0.2, -0.15) is 0 Å². The molecule has 0 unspecified atom stereocenters. The summed E-state index contributed by atoms with van der Waals surface area (Å²) in [6, 6.07) is 1.56. The molecule has 0 fully saturated rings. The molecule has 0 aliphatic rings. The molecule has 1 amide bonds. The summed E-state index contributed by atoms with van der Waals surface area (Å²) in [6.07, 6.45) is 0. The molecule has 0 heterocycles. The molecule has 2 N–H and O–H groups in total. The van der Waals surface area contributed by atoms with Gasteiger partial charge in [-0.25, -0.2) is 4.39 Å². The average molecular weight is 245 g/mol. The third-order valence-corrected chi connectivity index (χ3v) is 1.63. The number of halogens is 4. The Morgan fingerprint density at radius 3 is 2.20 bits per heavy atom. The Bertz CT molecular complexity index is 382. The van der Waals surface area contributed by atoms with Gasteiger partial charge in [0.15, 0.2) is 0 Å². The van der Waals surface area contributed by atoms with Gasteiger partial charge in [0.1, 0.15) is 5.82 Å².